The van der Waals surface area contributed by atoms with Crippen LogP contribution < -0.4 is 10.5 Å². The van der Waals surface area contributed by atoms with Gasteiger partial charge in [0.15, 0.2) is 0 Å². The number of amides is 1. The summed E-state index contributed by atoms with van der Waals surface area (Å²) in [5, 5.41) is 5.48. The number of carbonyl (C=O) groups excluding carboxylic acids is 2. The standard InChI is InChI=1S/C27H33ClN6O6S/c1-17(2)40-27(37)23-15-33(41(38,39)19-4-5-20-21(28)13-29-22(20)12-19)16-26(36)34(23)14-18-8-10-32(11-9-18)24-6-7-25(35)31(3)30-24/h4-7,12-13,17-18,23,29H,8-11,14-16H2,1-3H3. The number of fused-ring (bicyclic) bond motifs is 1. The molecule has 0 aliphatic carbocycles. The molecule has 41 heavy (non-hydrogen) atoms. The number of piperazine rings is 1. The van der Waals surface area contributed by atoms with Gasteiger partial charge in [0.1, 0.15) is 11.9 Å². The van der Waals surface area contributed by atoms with Gasteiger partial charge in [0.2, 0.25) is 15.9 Å². The monoisotopic (exact) mass is 604 g/mol. The van der Waals surface area contributed by atoms with Crippen molar-refractivity contribution < 1.29 is 22.7 Å². The van der Waals surface area contributed by atoms with Gasteiger partial charge in [-0.05, 0) is 56.9 Å². The molecule has 0 spiro atoms. The molecule has 3 aromatic rings. The van der Waals surface area contributed by atoms with Crippen molar-refractivity contribution in [3.63, 3.8) is 0 Å². The lowest BCUT2D eigenvalue weighted by Crippen LogP contribution is -2.62. The fourth-order valence-electron chi connectivity index (χ4n) is 5.36. The van der Waals surface area contributed by atoms with Gasteiger partial charge in [0.05, 0.1) is 22.6 Å². The summed E-state index contributed by atoms with van der Waals surface area (Å²) in [6.45, 7) is 4.49. The summed E-state index contributed by atoms with van der Waals surface area (Å²) in [7, 11) is -2.49. The van der Waals surface area contributed by atoms with Crippen LogP contribution >= 0.6 is 11.6 Å². The lowest BCUT2D eigenvalue weighted by atomic mass is 9.95. The summed E-state index contributed by atoms with van der Waals surface area (Å²) >= 11 is 6.14. The number of aryl methyl sites for hydroxylation is 1. The molecule has 4 heterocycles. The first-order valence-electron chi connectivity index (χ1n) is 13.5. The highest BCUT2D eigenvalue weighted by molar-refractivity contribution is 7.89. The number of hydrogen-bond acceptors (Lipinski definition) is 8. The number of halogens is 1. The smallest absolute Gasteiger partial charge is 0.330 e. The number of H-pyrrole nitrogens is 1. The third kappa shape index (κ3) is 5.97. The Morgan fingerprint density at radius 3 is 2.59 bits per heavy atom. The lowest BCUT2D eigenvalue weighted by Gasteiger charge is -2.42. The van der Waals surface area contributed by atoms with Crippen LogP contribution in [0.15, 0.2) is 46.2 Å². The molecule has 220 valence electrons. The molecule has 2 aliphatic heterocycles. The van der Waals surface area contributed by atoms with E-state index in [4.69, 9.17) is 16.3 Å². The van der Waals surface area contributed by atoms with Crippen LogP contribution in [-0.4, -0.2) is 89.1 Å². The second-order valence-corrected chi connectivity index (χ2v) is 13.1. The van der Waals surface area contributed by atoms with Gasteiger partial charge < -0.3 is 19.5 Å². The Labute approximate surface area is 242 Å². The Morgan fingerprint density at radius 1 is 1.17 bits per heavy atom. The molecule has 1 aromatic carbocycles. The zero-order valence-corrected chi connectivity index (χ0v) is 24.7. The molecule has 2 saturated heterocycles. The molecule has 0 bridgehead atoms. The topological polar surface area (TPSA) is 138 Å². The fourth-order valence-corrected chi connectivity index (χ4v) is 7.00. The van der Waals surface area contributed by atoms with E-state index in [1.165, 1.54) is 27.8 Å². The van der Waals surface area contributed by atoms with E-state index in [9.17, 15) is 22.8 Å². The summed E-state index contributed by atoms with van der Waals surface area (Å²) in [5.41, 5.74) is 0.368. The molecule has 5 rings (SSSR count). The number of nitrogens with one attached hydrogen (secondary N) is 1. The maximum Gasteiger partial charge on any atom is 0.330 e. The van der Waals surface area contributed by atoms with E-state index in [1.807, 2.05) is 0 Å². The second kappa shape index (κ2) is 11.5. The van der Waals surface area contributed by atoms with Crippen molar-refractivity contribution in [2.24, 2.45) is 13.0 Å². The zero-order valence-electron chi connectivity index (χ0n) is 23.1. The van der Waals surface area contributed by atoms with E-state index in [0.717, 1.165) is 17.1 Å². The molecule has 0 radical (unpaired) electrons. The van der Waals surface area contributed by atoms with Gasteiger partial charge in [-0.25, -0.2) is 17.9 Å². The highest BCUT2D eigenvalue weighted by Gasteiger charge is 2.43. The predicted molar refractivity (Wildman–Crippen MR) is 153 cm³/mol. The number of hydrogen-bond donors (Lipinski definition) is 1. The van der Waals surface area contributed by atoms with Crippen LogP contribution in [0, 0.1) is 5.92 Å². The Morgan fingerprint density at radius 2 is 1.90 bits per heavy atom. The van der Waals surface area contributed by atoms with Crippen molar-refractivity contribution in [2.75, 3.05) is 37.6 Å². The van der Waals surface area contributed by atoms with Gasteiger partial charge in [-0.2, -0.15) is 9.40 Å². The molecule has 14 heteroatoms. The number of ether oxygens (including phenoxy) is 1. The number of anilines is 1. The molecular formula is C27H33ClN6O6S. The normalized spacial score (nSPS) is 19.3. The SMILES string of the molecule is CC(C)OC(=O)C1CN(S(=O)(=O)c2ccc3c(Cl)c[nH]c3c2)CC(=O)N1CC1CCN(c2ccc(=O)n(C)n2)CC1. The van der Waals surface area contributed by atoms with Gasteiger partial charge >= 0.3 is 5.97 Å². The summed E-state index contributed by atoms with van der Waals surface area (Å²) in [6, 6.07) is 6.65. The fraction of sp³-hybridized carbons (Fsp3) is 0.481. The maximum atomic E-state index is 13.6. The molecule has 2 aliphatic rings. The van der Waals surface area contributed by atoms with Crippen molar-refractivity contribution >= 4 is 50.2 Å². The van der Waals surface area contributed by atoms with Crippen LogP contribution in [0.2, 0.25) is 5.02 Å². The third-order valence-electron chi connectivity index (χ3n) is 7.59. The molecule has 2 fully saturated rings. The predicted octanol–water partition coefficient (Wildman–Crippen LogP) is 1.98. The van der Waals surface area contributed by atoms with Gasteiger partial charge in [0, 0.05) is 56.4 Å². The van der Waals surface area contributed by atoms with Crippen molar-refractivity contribution in [2.45, 2.75) is 43.7 Å². The molecule has 12 nitrogen and oxygen atoms in total. The lowest BCUT2D eigenvalue weighted by molar-refractivity contribution is -0.162. The number of piperidine rings is 1. The number of esters is 1. The number of sulfonamides is 1. The Kier molecular flexibility index (Phi) is 8.13. The van der Waals surface area contributed by atoms with Crippen LogP contribution in [0.25, 0.3) is 10.9 Å². The molecule has 1 N–H and O–H groups in total. The molecule has 2 aromatic heterocycles. The number of aromatic nitrogens is 3. The number of aromatic amines is 1. The van der Waals surface area contributed by atoms with Gasteiger partial charge in [0.25, 0.3) is 5.56 Å². The van der Waals surface area contributed by atoms with Crippen molar-refractivity contribution in [1.82, 2.24) is 24.0 Å². The van der Waals surface area contributed by atoms with E-state index in [-0.39, 0.29) is 29.5 Å². The first-order valence-corrected chi connectivity index (χ1v) is 15.3. The highest BCUT2D eigenvalue weighted by atomic mass is 35.5. The van der Waals surface area contributed by atoms with Gasteiger partial charge in [-0.3, -0.25) is 9.59 Å². The minimum Gasteiger partial charge on any atom is -0.461 e. The van der Waals surface area contributed by atoms with E-state index < -0.39 is 34.0 Å². The minimum absolute atomic E-state index is 0.000127. The van der Waals surface area contributed by atoms with E-state index in [0.29, 0.717) is 41.4 Å². The van der Waals surface area contributed by atoms with E-state index in [2.05, 4.69) is 15.0 Å². The van der Waals surface area contributed by atoms with Crippen molar-refractivity contribution in [3.8, 4) is 0 Å². The molecule has 0 saturated carbocycles. The highest BCUT2D eigenvalue weighted by Crippen LogP contribution is 2.29. The van der Waals surface area contributed by atoms with Crippen LogP contribution in [0.4, 0.5) is 5.82 Å². The first-order chi connectivity index (χ1) is 19.4. The van der Waals surface area contributed by atoms with Crippen LogP contribution in [0.1, 0.15) is 26.7 Å². The molecule has 1 unspecified atom stereocenters. The summed E-state index contributed by atoms with van der Waals surface area (Å²) in [6.07, 6.45) is 2.62. The Hall–Kier alpha value is -3.42. The Bertz CT molecular complexity index is 1630. The largest absolute Gasteiger partial charge is 0.461 e. The number of benzene rings is 1. The third-order valence-corrected chi connectivity index (χ3v) is 9.71. The molecule has 1 atom stereocenters. The summed E-state index contributed by atoms with van der Waals surface area (Å²) in [4.78, 5) is 44.9. The minimum atomic E-state index is -4.10. The number of nitrogens with zero attached hydrogens (tertiary/aromatic N) is 5. The molecular weight excluding hydrogens is 572 g/mol. The van der Waals surface area contributed by atoms with E-state index >= 15 is 0 Å². The maximum absolute atomic E-state index is 13.6. The average Bonchev–Trinajstić information content (AvgIpc) is 3.31. The van der Waals surface area contributed by atoms with Crippen molar-refractivity contribution in [3.05, 3.63) is 51.9 Å². The molecule has 1 amide bonds. The summed E-state index contributed by atoms with van der Waals surface area (Å²) in [5.74, 6) is -0.276. The van der Waals surface area contributed by atoms with Crippen LogP contribution in [-0.2, 0) is 31.4 Å². The van der Waals surface area contributed by atoms with Crippen LogP contribution in [0.3, 0.4) is 0 Å². The number of carbonyl (C=O) groups is 2. The summed E-state index contributed by atoms with van der Waals surface area (Å²) < 4.78 is 35.0. The van der Waals surface area contributed by atoms with E-state index in [1.54, 1.807) is 39.2 Å². The first kappa shape index (κ1) is 29.1. The van der Waals surface area contributed by atoms with Crippen LogP contribution in [0.5, 0.6) is 0 Å². The van der Waals surface area contributed by atoms with Gasteiger partial charge in [-0.15, -0.1) is 0 Å². The quantitative estimate of drug-likeness (QED) is 0.404. The number of rotatable bonds is 7. The second-order valence-electron chi connectivity index (χ2n) is 10.8. The van der Waals surface area contributed by atoms with Gasteiger partial charge in [-0.1, -0.05) is 11.6 Å². The Balaban J connectivity index is 1.32. The zero-order chi connectivity index (χ0) is 29.5. The van der Waals surface area contributed by atoms with Crippen molar-refractivity contribution in [1.29, 1.82) is 0 Å². The average molecular weight is 605 g/mol.